The molecule has 0 saturated heterocycles. The molecule has 1 unspecified atom stereocenters. The van der Waals surface area contributed by atoms with Gasteiger partial charge in [0.2, 0.25) is 0 Å². The Bertz CT molecular complexity index is 494. The van der Waals surface area contributed by atoms with Crippen molar-refractivity contribution in [2.24, 2.45) is 5.73 Å². The minimum absolute atomic E-state index is 0.416. The highest BCUT2D eigenvalue weighted by molar-refractivity contribution is 5.28. The van der Waals surface area contributed by atoms with Crippen LogP contribution in [-0.4, -0.2) is 23.9 Å². The van der Waals surface area contributed by atoms with Crippen LogP contribution < -0.4 is 5.73 Å². The van der Waals surface area contributed by atoms with E-state index >= 15 is 0 Å². The minimum atomic E-state index is -0.778. The fourth-order valence-corrected chi connectivity index (χ4v) is 1.67. The number of rotatable bonds is 5. The number of hydrogen-bond donors (Lipinski definition) is 1. The molecule has 2 rings (SSSR count). The molecule has 0 aliphatic heterocycles. The second-order valence-electron chi connectivity index (χ2n) is 4.33. The first-order chi connectivity index (χ1) is 8.64. The molecule has 5 nitrogen and oxygen atoms in total. The van der Waals surface area contributed by atoms with E-state index in [1.807, 2.05) is 37.3 Å². The van der Waals surface area contributed by atoms with Crippen molar-refractivity contribution >= 4 is 0 Å². The maximum atomic E-state index is 6.27. The van der Waals surface area contributed by atoms with Crippen LogP contribution in [0, 0.1) is 0 Å². The standard InChI is InChI=1S/C13H17N3O2/c1-13(14,10-6-4-3-5-7-10)12-15-11(16-18-12)8-9-17-2/h3-7H,8-9,14H2,1-2H3. The lowest BCUT2D eigenvalue weighted by Gasteiger charge is -2.20. The monoisotopic (exact) mass is 247 g/mol. The SMILES string of the molecule is COCCc1noc(C(C)(N)c2ccccc2)n1. The lowest BCUT2D eigenvalue weighted by Crippen LogP contribution is -2.34. The lowest BCUT2D eigenvalue weighted by atomic mass is 9.93. The molecule has 1 heterocycles. The number of benzene rings is 1. The number of nitrogens with zero attached hydrogens (tertiary/aromatic N) is 2. The smallest absolute Gasteiger partial charge is 0.251 e. The molecule has 0 fully saturated rings. The van der Waals surface area contributed by atoms with Crippen LogP contribution in [0.15, 0.2) is 34.9 Å². The molecule has 2 aromatic rings. The summed E-state index contributed by atoms with van der Waals surface area (Å²) in [6.45, 7) is 2.42. The molecule has 18 heavy (non-hydrogen) atoms. The van der Waals surface area contributed by atoms with E-state index < -0.39 is 5.54 Å². The third-order valence-corrected chi connectivity index (χ3v) is 2.82. The van der Waals surface area contributed by atoms with Crippen molar-refractivity contribution in [1.29, 1.82) is 0 Å². The second kappa shape index (κ2) is 5.29. The summed E-state index contributed by atoms with van der Waals surface area (Å²) in [6.07, 6.45) is 0.616. The average molecular weight is 247 g/mol. The van der Waals surface area contributed by atoms with Crippen LogP contribution in [0.2, 0.25) is 0 Å². The van der Waals surface area contributed by atoms with Crippen LogP contribution in [0.1, 0.15) is 24.2 Å². The summed E-state index contributed by atoms with van der Waals surface area (Å²) in [5.41, 5.74) is 6.43. The first-order valence-electron chi connectivity index (χ1n) is 5.81. The van der Waals surface area contributed by atoms with Crippen LogP contribution >= 0.6 is 0 Å². The predicted octanol–water partition coefficient (Wildman–Crippen LogP) is 1.48. The molecule has 0 aliphatic carbocycles. The highest BCUT2D eigenvalue weighted by atomic mass is 16.5. The highest BCUT2D eigenvalue weighted by Crippen LogP contribution is 2.24. The van der Waals surface area contributed by atoms with E-state index in [4.69, 9.17) is 15.0 Å². The summed E-state index contributed by atoms with van der Waals surface area (Å²) in [6, 6.07) is 9.70. The number of hydrogen-bond acceptors (Lipinski definition) is 5. The van der Waals surface area contributed by atoms with Gasteiger partial charge in [0.1, 0.15) is 5.54 Å². The first-order valence-corrected chi connectivity index (χ1v) is 5.81. The quantitative estimate of drug-likeness (QED) is 0.866. The van der Waals surface area contributed by atoms with Gasteiger partial charge in [-0.15, -0.1) is 0 Å². The molecule has 0 saturated carbocycles. The van der Waals surface area contributed by atoms with Gasteiger partial charge in [-0.05, 0) is 12.5 Å². The van der Waals surface area contributed by atoms with Gasteiger partial charge in [0.15, 0.2) is 5.82 Å². The molecular formula is C13H17N3O2. The summed E-state index contributed by atoms with van der Waals surface area (Å²) >= 11 is 0. The molecular weight excluding hydrogens is 230 g/mol. The Morgan fingerprint density at radius 1 is 1.33 bits per heavy atom. The molecule has 0 radical (unpaired) electrons. The van der Waals surface area contributed by atoms with Crippen molar-refractivity contribution in [3.05, 3.63) is 47.6 Å². The van der Waals surface area contributed by atoms with Crippen LogP contribution in [-0.2, 0) is 16.7 Å². The predicted molar refractivity (Wildman–Crippen MR) is 67.0 cm³/mol. The zero-order valence-corrected chi connectivity index (χ0v) is 10.6. The Balaban J connectivity index is 2.22. The van der Waals surface area contributed by atoms with Gasteiger partial charge in [-0.3, -0.25) is 0 Å². The lowest BCUT2D eigenvalue weighted by molar-refractivity contribution is 0.199. The van der Waals surface area contributed by atoms with Gasteiger partial charge in [-0.2, -0.15) is 4.98 Å². The maximum Gasteiger partial charge on any atom is 0.251 e. The zero-order chi connectivity index (χ0) is 13.0. The Morgan fingerprint density at radius 2 is 2.06 bits per heavy atom. The average Bonchev–Trinajstić information content (AvgIpc) is 2.87. The highest BCUT2D eigenvalue weighted by Gasteiger charge is 2.30. The third kappa shape index (κ3) is 2.57. The van der Waals surface area contributed by atoms with E-state index in [2.05, 4.69) is 10.1 Å². The Kier molecular flexibility index (Phi) is 3.74. The summed E-state index contributed by atoms with van der Waals surface area (Å²) < 4.78 is 10.2. The van der Waals surface area contributed by atoms with E-state index in [1.54, 1.807) is 7.11 Å². The van der Waals surface area contributed by atoms with Crippen LogP contribution in [0.3, 0.4) is 0 Å². The fraction of sp³-hybridized carbons (Fsp3) is 0.385. The molecule has 0 aliphatic rings. The molecule has 5 heteroatoms. The van der Waals surface area contributed by atoms with Gasteiger partial charge < -0.3 is 15.0 Å². The zero-order valence-electron chi connectivity index (χ0n) is 10.6. The summed E-state index contributed by atoms with van der Waals surface area (Å²) in [4.78, 5) is 4.31. The molecule has 2 N–H and O–H groups in total. The summed E-state index contributed by atoms with van der Waals surface area (Å²) in [7, 11) is 1.64. The number of ether oxygens (including phenoxy) is 1. The van der Waals surface area contributed by atoms with E-state index in [-0.39, 0.29) is 0 Å². The molecule has 0 amide bonds. The van der Waals surface area contributed by atoms with Gasteiger partial charge in [-0.1, -0.05) is 35.5 Å². The van der Waals surface area contributed by atoms with Crippen molar-refractivity contribution in [3.63, 3.8) is 0 Å². The van der Waals surface area contributed by atoms with Gasteiger partial charge in [0.05, 0.1) is 6.61 Å². The van der Waals surface area contributed by atoms with Crippen molar-refractivity contribution in [2.45, 2.75) is 18.9 Å². The van der Waals surface area contributed by atoms with Crippen LogP contribution in [0.4, 0.5) is 0 Å². The van der Waals surface area contributed by atoms with Crippen molar-refractivity contribution in [3.8, 4) is 0 Å². The fourth-order valence-electron chi connectivity index (χ4n) is 1.67. The molecule has 1 atom stereocenters. The Labute approximate surface area is 106 Å². The van der Waals surface area contributed by atoms with Gasteiger partial charge in [0, 0.05) is 13.5 Å². The van der Waals surface area contributed by atoms with E-state index in [0.717, 1.165) is 5.56 Å². The molecule has 1 aromatic carbocycles. The van der Waals surface area contributed by atoms with E-state index in [9.17, 15) is 0 Å². The Morgan fingerprint density at radius 3 is 2.72 bits per heavy atom. The molecule has 0 spiro atoms. The normalized spacial score (nSPS) is 14.4. The minimum Gasteiger partial charge on any atom is -0.384 e. The van der Waals surface area contributed by atoms with Crippen molar-refractivity contribution in [1.82, 2.24) is 10.1 Å². The van der Waals surface area contributed by atoms with Crippen molar-refractivity contribution < 1.29 is 9.26 Å². The van der Waals surface area contributed by atoms with Gasteiger partial charge >= 0.3 is 0 Å². The van der Waals surface area contributed by atoms with Gasteiger partial charge in [-0.25, -0.2) is 0 Å². The number of methoxy groups -OCH3 is 1. The molecule has 0 bridgehead atoms. The number of nitrogens with two attached hydrogens (primary N) is 1. The maximum absolute atomic E-state index is 6.27. The molecule has 96 valence electrons. The largest absolute Gasteiger partial charge is 0.384 e. The third-order valence-electron chi connectivity index (χ3n) is 2.82. The Hall–Kier alpha value is -1.72. The number of aromatic nitrogens is 2. The second-order valence-corrected chi connectivity index (χ2v) is 4.33. The first kappa shape index (κ1) is 12.7. The van der Waals surface area contributed by atoms with E-state index in [1.165, 1.54) is 0 Å². The summed E-state index contributed by atoms with van der Waals surface area (Å²) in [5, 5.41) is 3.90. The van der Waals surface area contributed by atoms with Crippen LogP contribution in [0.5, 0.6) is 0 Å². The van der Waals surface area contributed by atoms with Gasteiger partial charge in [0.25, 0.3) is 5.89 Å². The van der Waals surface area contributed by atoms with E-state index in [0.29, 0.717) is 24.7 Å². The topological polar surface area (TPSA) is 74.2 Å². The van der Waals surface area contributed by atoms with Crippen molar-refractivity contribution in [2.75, 3.05) is 13.7 Å². The van der Waals surface area contributed by atoms with Crippen LogP contribution in [0.25, 0.3) is 0 Å². The molecule has 1 aromatic heterocycles. The summed E-state index contributed by atoms with van der Waals surface area (Å²) in [5.74, 6) is 1.03.